The number of nitrogens with zero attached hydrogens (tertiary/aromatic N) is 2. The number of carboxylic acids is 1. The van der Waals surface area contributed by atoms with E-state index in [2.05, 4.69) is 16.7 Å². The average molecular weight is 282 g/mol. The van der Waals surface area contributed by atoms with Gasteiger partial charge in [0.05, 0.1) is 5.56 Å². The number of rotatable bonds is 8. The zero-order valence-electron chi connectivity index (χ0n) is 12.4. The van der Waals surface area contributed by atoms with Crippen molar-refractivity contribution >= 4 is 5.97 Å². The average Bonchev–Trinajstić information content (AvgIpc) is 2.38. The SMILES string of the molecule is CCCN(CCN(C)C)Cc1ccc(F)c(C(=O)O)c1. The van der Waals surface area contributed by atoms with Gasteiger partial charge in [-0.15, -0.1) is 0 Å². The maximum Gasteiger partial charge on any atom is 0.338 e. The third-order valence-corrected chi connectivity index (χ3v) is 3.07. The topological polar surface area (TPSA) is 43.8 Å². The molecule has 1 rings (SSSR count). The van der Waals surface area contributed by atoms with E-state index in [1.54, 1.807) is 6.07 Å². The van der Waals surface area contributed by atoms with Crippen LogP contribution in [-0.4, -0.2) is 54.6 Å². The minimum Gasteiger partial charge on any atom is -0.478 e. The summed E-state index contributed by atoms with van der Waals surface area (Å²) < 4.78 is 13.4. The van der Waals surface area contributed by atoms with Gasteiger partial charge in [-0.2, -0.15) is 0 Å². The summed E-state index contributed by atoms with van der Waals surface area (Å²) in [5, 5.41) is 8.94. The summed E-state index contributed by atoms with van der Waals surface area (Å²) >= 11 is 0. The molecule has 0 heterocycles. The fourth-order valence-electron chi connectivity index (χ4n) is 2.02. The molecule has 0 aliphatic carbocycles. The van der Waals surface area contributed by atoms with Crippen LogP contribution in [0.4, 0.5) is 4.39 Å². The number of carboxylic acid groups (broad SMARTS) is 1. The molecule has 0 amide bonds. The lowest BCUT2D eigenvalue weighted by molar-refractivity contribution is 0.0691. The van der Waals surface area contributed by atoms with Gasteiger partial charge in [0.2, 0.25) is 0 Å². The molecule has 112 valence electrons. The van der Waals surface area contributed by atoms with Crippen LogP contribution in [0, 0.1) is 5.82 Å². The molecule has 0 atom stereocenters. The van der Waals surface area contributed by atoms with Crippen LogP contribution in [0.1, 0.15) is 29.3 Å². The highest BCUT2D eigenvalue weighted by Crippen LogP contribution is 2.13. The maximum atomic E-state index is 13.4. The fraction of sp³-hybridized carbons (Fsp3) is 0.533. The van der Waals surface area contributed by atoms with E-state index in [1.165, 1.54) is 12.1 Å². The third kappa shape index (κ3) is 5.27. The van der Waals surface area contributed by atoms with Crippen LogP contribution >= 0.6 is 0 Å². The van der Waals surface area contributed by atoms with Crippen LogP contribution in [0.15, 0.2) is 18.2 Å². The van der Waals surface area contributed by atoms with E-state index in [9.17, 15) is 9.18 Å². The summed E-state index contributed by atoms with van der Waals surface area (Å²) in [4.78, 5) is 15.3. The van der Waals surface area contributed by atoms with Crippen LogP contribution in [0.2, 0.25) is 0 Å². The number of aromatic carboxylic acids is 1. The minimum atomic E-state index is -1.22. The molecule has 0 fully saturated rings. The van der Waals surface area contributed by atoms with Gasteiger partial charge in [-0.1, -0.05) is 13.0 Å². The van der Waals surface area contributed by atoms with Gasteiger partial charge in [-0.25, -0.2) is 9.18 Å². The molecule has 5 heteroatoms. The standard InChI is InChI=1S/C15H23FN2O2/c1-4-7-18(9-8-17(2)3)11-12-5-6-14(16)13(10-12)15(19)20/h5-6,10H,4,7-9,11H2,1-3H3,(H,19,20). The highest BCUT2D eigenvalue weighted by Gasteiger charge is 2.12. The zero-order valence-corrected chi connectivity index (χ0v) is 12.4. The highest BCUT2D eigenvalue weighted by molar-refractivity contribution is 5.88. The molecular formula is C15H23FN2O2. The lowest BCUT2D eigenvalue weighted by Gasteiger charge is -2.23. The molecule has 0 bridgehead atoms. The van der Waals surface area contributed by atoms with Crippen LogP contribution < -0.4 is 0 Å². The molecule has 0 spiro atoms. The second-order valence-corrected chi connectivity index (χ2v) is 5.20. The first-order valence-electron chi connectivity index (χ1n) is 6.82. The third-order valence-electron chi connectivity index (χ3n) is 3.07. The number of likely N-dealkylation sites (N-methyl/N-ethyl adjacent to an activating group) is 1. The van der Waals surface area contributed by atoms with Crippen LogP contribution in [0.25, 0.3) is 0 Å². The second kappa shape index (κ2) is 7.97. The van der Waals surface area contributed by atoms with Gasteiger partial charge in [0.15, 0.2) is 0 Å². The van der Waals surface area contributed by atoms with Crippen molar-refractivity contribution < 1.29 is 14.3 Å². The lowest BCUT2D eigenvalue weighted by atomic mass is 10.1. The molecule has 0 unspecified atom stereocenters. The van der Waals surface area contributed by atoms with Crippen molar-refractivity contribution in [1.82, 2.24) is 9.80 Å². The molecule has 0 saturated heterocycles. The van der Waals surface area contributed by atoms with Crippen LogP contribution in [0.3, 0.4) is 0 Å². The van der Waals surface area contributed by atoms with E-state index in [1.807, 2.05) is 14.1 Å². The molecular weight excluding hydrogens is 259 g/mol. The molecule has 1 N–H and O–H groups in total. The summed E-state index contributed by atoms with van der Waals surface area (Å²) in [6, 6.07) is 4.31. The molecule has 0 aromatic heterocycles. The van der Waals surface area contributed by atoms with Crippen LogP contribution in [0.5, 0.6) is 0 Å². The van der Waals surface area contributed by atoms with Gasteiger partial charge in [0.1, 0.15) is 5.82 Å². The second-order valence-electron chi connectivity index (χ2n) is 5.20. The number of halogens is 1. The molecule has 0 aliphatic heterocycles. The Balaban J connectivity index is 2.77. The van der Waals surface area contributed by atoms with Gasteiger partial charge in [0.25, 0.3) is 0 Å². The lowest BCUT2D eigenvalue weighted by Crippen LogP contribution is -2.32. The van der Waals surface area contributed by atoms with Gasteiger partial charge in [-0.3, -0.25) is 4.90 Å². The Morgan fingerprint density at radius 3 is 2.50 bits per heavy atom. The first-order chi connectivity index (χ1) is 9.43. The fourth-order valence-corrected chi connectivity index (χ4v) is 2.02. The summed E-state index contributed by atoms with van der Waals surface area (Å²) in [5.74, 6) is -1.91. The number of hydrogen-bond acceptors (Lipinski definition) is 3. The van der Waals surface area contributed by atoms with Crippen molar-refractivity contribution in [3.05, 3.63) is 35.1 Å². The maximum absolute atomic E-state index is 13.4. The van der Waals surface area contributed by atoms with Gasteiger partial charge in [-0.05, 0) is 44.8 Å². The molecule has 0 radical (unpaired) electrons. The molecule has 0 saturated carbocycles. The van der Waals surface area contributed by atoms with Crippen molar-refractivity contribution in [3.8, 4) is 0 Å². The first-order valence-corrected chi connectivity index (χ1v) is 6.82. The minimum absolute atomic E-state index is 0.258. The zero-order chi connectivity index (χ0) is 15.1. The quantitative estimate of drug-likeness (QED) is 0.794. The molecule has 1 aromatic carbocycles. The predicted molar refractivity (Wildman–Crippen MR) is 77.5 cm³/mol. The largest absolute Gasteiger partial charge is 0.478 e. The van der Waals surface area contributed by atoms with E-state index in [0.29, 0.717) is 6.54 Å². The Labute approximate surface area is 119 Å². The van der Waals surface area contributed by atoms with Crippen molar-refractivity contribution in [2.75, 3.05) is 33.7 Å². The summed E-state index contributed by atoms with van der Waals surface area (Å²) in [6.07, 6.45) is 1.03. The van der Waals surface area contributed by atoms with Gasteiger partial charge in [0, 0.05) is 19.6 Å². The Hall–Kier alpha value is -1.46. The highest BCUT2D eigenvalue weighted by atomic mass is 19.1. The summed E-state index contributed by atoms with van der Waals surface area (Å²) in [5.41, 5.74) is 0.572. The molecule has 20 heavy (non-hydrogen) atoms. The van der Waals surface area contributed by atoms with Gasteiger partial charge < -0.3 is 10.0 Å². The Morgan fingerprint density at radius 2 is 1.95 bits per heavy atom. The van der Waals surface area contributed by atoms with E-state index in [4.69, 9.17) is 5.11 Å². The predicted octanol–water partition coefficient (Wildman–Crippen LogP) is 2.30. The number of hydrogen-bond donors (Lipinski definition) is 1. The molecule has 4 nitrogen and oxygen atoms in total. The number of carbonyl (C=O) groups is 1. The molecule has 1 aromatic rings. The Morgan fingerprint density at radius 1 is 1.25 bits per heavy atom. The van der Waals surface area contributed by atoms with Crippen molar-refractivity contribution in [2.24, 2.45) is 0 Å². The van der Waals surface area contributed by atoms with E-state index < -0.39 is 11.8 Å². The molecule has 0 aliphatic rings. The van der Waals surface area contributed by atoms with Crippen LogP contribution in [-0.2, 0) is 6.54 Å². The van der Waals surface area contributed by atoms with Gasteiger partial charge >= 0.3 is 5.97 Å². The number of benzene rings is 1. The van der Waals surface area contributed by atoms with E-state index in [-0.39, 0.29) is 5.56 Å². The smallest absolute Gasteiger partial charge is 0.338 e. The van der Waals surface area contributed by atoms with E-state index >= 15 is 0 Å². The summed E-state index contributed by atoms with van der Waals surface area (Å²) in [6.45, 7) is 5.53. The van der Waals surface area contributed by atoms with Crippen molar-refractivity contribution in [2.45, 2.75) is 19.9 Å². The first kappa shape index (κ1) is 16.6. The van der Waals surface area contributed by atoms with E-state index in [0.717, 1.165) is 31.6 Å². The normalized spacial score (nSPS) is 11.3. The van der Waals surface area contributed by atoms with Crippen molar-refractivity contribution in [3.63, 3.8) is 0 Å². The monoisotopic (exact) mass is 282 g/mol. The Bertz CT molecular complexity index is 449. The summed E-state index contributed by atoms with van der Waals surface area (Å²) in [7, 11) is 4.04. The van der Waals surface area contributed by atoms with Crippen molar-refractivity contribution in [1.29, 1.82) is 0 Å². The Kier molecular flexibility index (Phi) is 6.61.